The molecule has 0 saturated carbocycles. The number of carbonyl (C=O) groups is 2. The van der Waals surface area contributed by atoms with E-state index in [-0.39, 0.29) is 24.1 Å². The third-order valence-corrected chi connectivity index (χ3v) is 6.67. The fourth-order valence-electron chi connectivity index (χ4n) is 2.97. The number of hydrogen-bond donors (Lipinski definition) is 2. The van der Waals surface area contributed by atoms with Crippen molar-refractivity contribution in [2.24, 2.45) is 0 Å². The van der Waals surface area contributed by atoms with Crippen LogP contribution in [0.2, 0.25) is 0 Å². The molecule has 142 valence electrons. The van der Waals surface area contributed by atoms with Crippen LogP contribution in [0.25, 0.3) is 19.5 Å². The van der Waals surface area contributed by atoms with E-state index in [0.717, 1.165) is 9.40 Å². The van der Waals surface area contributed by atoms with Crippen LogP contribution < -0.4 is 10.6 Å². The second-order valence-electron chi connectivity index (χ2n) is 6.31. The van der Waals surface area contributed by atoms with E-state index < -0.39 is 0 Å². The zero-order valence-corrected chi connectivity index (χ0v) is 16.5. The zero-order chi connectivity index (χ0) is 19.5. The Bertz CT molecular complexity index is 1170. The SMILES string of the molecule is O=C(Cc1cccc(F)c1)NCCNC(=O)c1cc2sc3ccccc3c2s1. The highest BCUT2D eigenvalue weighted by atomic mass is 32.1. The number of thiophene rings is 2. The summed E-state index contributed by atoms with van der Waals surface area (Å²) in [5.41, 5.74) is 0.618. The Hall–Kier alpha value is -2.77. The maximum absolute atomic E-state index is 13.1. The lowest BCUT2D eigenvalue weighted by Crippen LogP contribution is -2.35. The molecule has 0 aliphatic rings. The zero-order valence-electron chi connectivity index (χ0n) is 14.8. The number of carbonyl (C=O) groups excluding carboxylic acids is 2. The molecule has 0 bridgehead atoms. The predicted molar refractivity (Wildman–Crippen MR) is 113 cm³/mol. The molecule has 7 heteroatoms. The molecule has 4 aromatic rings. The molecule has 28 heavy (non-hydrogen) atoms. The minimum Gasteiger partial charge on any atom is -0.354 e. The minimum absolute atomic E-state index is 0.111. The number of hydrogen-bond acceptors (Lipinski definition) is 4. The van der Waals surface area contributed by atoms with Crippen molar-refractivity contribution in [2.75, 3.05) is 13.1 Å². The van der Waals surface area contributed by atoms with Crippen LogP contribution in [0.15, 0.2) is 54.6 Å². The Kier molecular flexibility index (Phi) is 5.36. The molecule has 0 radical (unpaired) electrons. The second-order valence-corrected chi connectivity index (χ2v) is 8.45. The van der Waals surface area contributed by atoms with Gasteiger partial charge in [-0.15, -0.1) is 22.7 Å². The van der Waals surface area contributed by atoms with Crippen LogP contribution in [0.3, 0.4) is 0 Å². The molecule has 0 unspecified atom stereocenters. The molecule has 4 rings (SSSR count). The third-order valence-electron chi connectivity index (χ3n) is 4.26. The molecule has 0 atom stereocenters. The summed E-state index contributed by atoms with van der Waals surface area (Å²) in [6.45, 7) is 0.655. The number of amides is 2. The van der Waals surface area contributed by atoms with Crippen LogP contribution in [0, 0.1) is 5.82 Å². The molecular formula is C21H17FN2O2S2. The van der Waals surface area contributed by atoms with Gasteiger partial charge in [0, 0.05) is 27.9 Å². The normalized spacial score (nSPS) is 11.0. The molecule has 2 aromatic carbocycles. The van der Waals surface area contributed by atoms with Crippen LogP contribution in [0.5, 0.6) is 0 Å². The van der Waals surface area contributed by atoms with E-state index in [4.69, 9.17) is 0 Å². The molecule has 2 aromatic heterocycles. The van der Waals surface area contributed by atoms with Gasteiger partial charge in [-0.3, -0.25) is 9.59 Å². The van der Waals surface area contributed by atoms with Crippen molar-refractivity contribution < 1.29 is 14.0 Å². The van der Waals surface area contributed by atoms with E-state index in [1.54, 1.807) is 23.5 Å². The van der Waals surface area contributed by atoms with Gasteiger partial charge in [-0.05, 0) is 29.8 Å². The van der Waals surface area contributed by atoms with E-state index in [1.165, 1.54) is 33.6 Å². The second kappa shape index (κ2) is 8.08. The number of nitrogens with one attached hydrogen (secondary N) is 2. The Balaban J connectivity index is 1.28. The molecule has 0 aliphatic carbocycles. The smallest absolute Gasteiger partial charge is 0.261 e. The molecule has 0 spiro atoms. The molecule has 2 amide bonds. The summed E-state index contributed by atoms with van der Waals surface area (Å²) >= 11 is 3.17. The van der Waals surface area contributed by atoms with E-state index in [1.807, 2.05) is 18.2 Å². The van der Waals surface area contributed by atoms with Gasteiger partial charge in [-0.1, -0.05) is 30.3 Å². The third kappa shape index (κ3) is 4.05. The van der Waals surface area contributed by atoms with Crippen LogP contribution >= 0.6 is 22.7 Å². The van der Waals surface area contributed by atoms with E-state index in [9.17, 15) is 14.0 Å². The van der Waals surface area contributed by atoms with E-state index in [2.05, 4.69) is 22.8 Å². The first-order chi connectivity index (χ1) is 13.6. The highest BCUT2D eigenvalue weighted by Crippen LogP contribution is 2.39. The van der Waals surface area contributed by atoms with Gasteiger partial charge in [-0.25, -0.2) is 4.39 Å². The van der Waals surface area contributed by atoms with Crippen LogP contribution in [-0.2, 0) is 11.2 Å². The lowest BCUT2D eigenvalue weighted by molar-refractivity contribution is -0.120. The monoisotopic (exact) mass is 412 g/mol. The fraction of sp³-hybridized carbons (Fsp3) is 0.143. The van der Waals surface area contributed by atoms with Gasteiger partial charge in [0.15, 0.2) is 0 Å². The van der Waals surface area contributed by atoms with Crippen molar-refractivity contribution in [3.63, 3.8) is 0 Å². The minimum atomic E-state index is -0.360. The fourth-order valence-corrected chi connectivity index (χ4v) is 5.41. The van der Waals surface area contributed by atoms with Crippen molar-refractivity contribution in [3.8, 4) is 0 Å². The van der Waals surface area contributed by atoms with Crippen LogP contribution in [0.1, 0.15) is 15.2 Å². The molecular weight excluding hydrogens is 395 g/mol. The summed E-state index contributed by atoms with van der Waals surface area (Å²) in [5, 5.41) is 6.74. The molecule has 0 fully saturated rings. The molecule has 0 aliphatic heterocycles. The maximum atomic E-state index is 13.1. The molecule has 0 saturated heterocycles. The summed E-state index contributed by atoms with van der Waals surface area (Å²) in [6.07, 6.45) is 0.111. The summed E-state index contributed by atoms with van der Waals surface area (Å²) in [4.78, 5) is 24.9. The maximum Gasteiger partial charge on any atom is 0.261 e. The molecule has 2 heterocycles. The molecule has 4 nitrogen and oxygen atoms in total. The van der Waals surface area contributed by atoms with E-state index in [0.29, 0.717) is 23.5 Å². The van der Waals surface area contributed by atoms with Gasteiger partial charge < -0.3 is 10.6 Å². The Morgan fingerprint density at radius 3 is 2.57 bits per heavy atom. The quantitative estimate of drug-likeness (QED) is 0.463. The van der Waals surface area contributed by atoms with Gasteiger partial charge >= 0.3 is 0 Å². The lowest BCUT2D eigenvalue weighted by atomic mass is 10.1. The largest absolute Gasteiger partial charge is 0.354 e. The summed E-state index contributed by atoms with van der Waals surface area (Å²) in [6, 6.07) is 16.0. The van der Waals surface area contributed by atoms with Gasteiger partial charge in [-0.2, -0.15) is 0 Å². The Labute approximate surface area is 169 Å². The highest BCUT2D eigenvalue weighted by molar-refractivity contribution is 7.33. The Morgan fingerprint density at radius 1 is 0.893 bits per heavy atom. The van der Waals surface area contributed by atoms with Crippen molar-refractivity contribution in [1.82, 2.24) is 10.6 Å². The van der Waals surface area contributed by atoms with Crippen LogP contribution in [0.4, 0.5) is 4.39 Å². The Morgan fingerprint density at radius 2 is 1.71 bits per heavy atom. The van der Waals surface area contributed by atoms with Crippen LogP contribution in [-0.4, -0.2) is 24.9 Å². The standard InChI is InChI=1S/C21H17FN2O2S2/c22-14-5-3-4-13(10-14)11-19(25)23-8-9-24-21(26)18-12-17-20(28-18)15-6-1-2-7-16(15)27-17/h1-7,10,12H,8-9,11H2,(H,23,25)(H,24,26). The van der Waals surface area contributed by atoms with Crippen molar-refractivity contribution in [1.29, 1.82) is 0 Å². The average Bonchev–Trinajstić information content (AvgIpc) is 3.23. The number of rotatable bonds is 6. The first kappa shape index (κ1) is 18.6. The first-order valence-electron chi connectivity index (χ1n) is 8.80. The average molecular weight is 413 g/mol. The van der Waals surface area contributed by atoms with Gasteiger partial charge in [0.25, 0.3) is 5.91 Å². The van der Waals surface area contributed by atoms with E-state index >= 15 is 0 Å². The van der Waals surface area contributed by atoms with Gasteiger partial charge in [0.05, 0.1) is 16.0 Å². The van der Waals surface area contributed by atoms with Crippen molar-refractivity contribution in [3.05, 3.63) is 70.9 Å². The topological polar surface area (TPSA) is 58.2 Å². The number of fused-ring (bicyclic) bond motifs is 3. The highest BCUT2D eigenvalue weighted by Gasteiger charge is 2.14. The van der Waals surface area contributed by atoms with Gasteiger partial charge in [0.1, 0.15) is 5.82 Å². The first-order valence-corrected chi connectivity index (χ1v) is 10.4. The number of benzene rings is 2. The number of halogens is 1. The summed E-state index contributed by atoms with van der Waals surface area (Å²) in [5.74, 6) is -0.707. The molecule has 2 N–H and O–H groups in total. The van der Waals surface area contributed by atoms with Crippen molar-refractivity contribution in [2.45, 2.75) is 6.42 Å². The predicted octanol–water partition coefficient (Wildman–Crippen LogP) is 4.34. The lowest BCUT2D eigenvalue weighted by Gasteiger charge is -2.06. The van der Waals surface area contributed by atoms with Gasteiger partial charge in [0.2, 0.25) is 5.91 Å². The summed E-state index contributed by atoms with van der Waals surface area (Å²) < 4.78 is 16.6. The summed E-state index contributed by atoms with van der Waals surface area (Å²) in [7, 11) is 0. The van der Waals surface area contributed by atoms with Crippen molar-refractivity contribution >= 4 is 54.0 Å².